The monoisotopic (exact) mass is 440 g/mol. The zero-order valence-corrected chi connectivity index (χ0v) is 17.5. The second-order valence-corrected chi connectivity index (χ2v) is 7.02. The summed E-state index contributed by atoms with van der Waals surface area (Å²) in [5.41, 5.74) is 1.88. The Hall–Kier alpha value is -1.86. The third-order valence-corrected chi connectivity index (χ3v) is 5.37. The predicted octanol–water partition coefficient (Wildman–Crippen LogP) is 5.33. The first kappa shape index (κ1) is 20.5. The van der Waals surface area contributed by atoms with Crippen molar-refractivity contribution in [2.24, 2.45) is 0 Å². The summed E-state index contributed by atoms with van der Waals surface area (Å²) in [6.07, 6.45) is 3.77. The van der Waals surface area contributed by atoms with E-state index in [4.69, 9.17) is 16.3 Å². The Morgan fingerprint density at radius 2 is 2.04 bits per heavy atom. The maximum Gasteiger partial charge on any atom is 0.339 e. The van der Waals surface area contributed by atoms with Gasteiger partial charge in [0.1, 0.15) is 5.82 Å². The molecule has 1 heterocycles. The van der Waals surface area contributed by atoms with Crippen LogP contribution in [0.4, 0.5) is 17.5 Å². The summed E-state index contributed by atoms with van der Waals surface area (Å²) in [5.74, 6) is 0.717. The number of carbonyl (C=O) groups excluding carboxylic acids is 1. The van der Waals surface area contributed by atoms with Crippen LogP contribution in [0.15, 0.2) is 22.8 Å². The van der Waals surface area contributed by atoms with E-state index in [1.54, 1.807) is 18.3 Å². The SMILES string of the molecule is CCC(CC)Nc1nc(Nc2cc(Cl)c(Br)c(C(=O)OC)c2)ncc1C. The first-order valence-electron chi connectivity index (χ1n) is 8.34. The number of rotatable bonds is 7. The summed E-state index contributed by atoms with van der Waals surface area (Å²) in [5, 5.41) is 6.91. The summed E-state index contributed by atoms with van der Waals surface area (Å²) < 4.78 is 5.27. The molecule has 2 N–H and O–H groups in total. The summed E-state index contributed by atoms with van der Waals surface area (Å²) in [4.78, 5) is 20.7. The molecule has 0 unspecified atom stereocenters. The number of benzene rings is 1. The number of esters is 1. The van der Waals surface area contributed by atoms with Gasteiger partial charge < -0.3 is 15.4 Å². The molecule has 26 heavy (non-hydrogen) atoms. The van der Waals surface area contributed by atoms with E-state index in [0.717, 1.165) is 24.2 Å². The summed E-state index contributed by atoms with van der Waals surface area (Å²) >= 11 is 9.50. The molecule has 1 aromatic carbocycles. The van der Waals surface area contributed by atoms with Gasteiger partial charge in [-0.15, -0.1) is 0 Å². The van der Waals surface area contributed by atoms with Crippen LogP contribution < -0.4 is 10.6 Å². The lowest BCUT2D eigenvalue weighted by atomic mass is 10.1. The van der Waals surface area contributed by atoms with Crippen LogP contribution in [0.1, 0.15) is 42.6 Å². The molecule has 0 saturated heterocycles. The molecule has 1 aromatic heterocycles. The number of nitrogens with zero attached hydrogens (tertiary/aromatic N) is 2. The fourth-order valence-corrected chi connectivity index (χ4v) is 2.99. The highest BCUT2D eigenvalue weighted by Gasteiger charge is 2.16. The maximum atomic E-state index is 11.9. The standard InChI is InChI=1S/C18H22BrClN4O2/c1-5-11(6-2)22-16-10(3)9-21-18(24-16)23-12-7-13(17(25)26-4)15(19)14(20)8-12/h7-9,11H,5-6H2,1-4H3,(H2,21,22,23,24). The molecule has 0 spiro atoms. The van der Waals surface area contributed by atoms with Crippen molar-refractivity contribution in [2.75, 3.05) is 17.7 Å². The van der Waals surface area contributed by atoms with Crippen LogP contribution in [0.2, 0.25) is 5.02 Å². The quantitative estimate of drug-likeness (QED) is 0.565. The lowest BCUT2D eigenvalue weighted by Gasteiger charge is -2.17. The zero-order chi connectivity index (χ0) is 19.3. The molecule has 0 aliphatic rings. The Labute approximate surface area is 166 Å². The molecule has 0 fully saturated rings. The number of methoxy groups -OCH3 is 1. The number of carbonyl (C=O) groups is 1. The molecule has 140 valence electrons. The number of nitrogens with one attached hydrogen (secondary N) is 2. The number of ether oxygens (including phenoxy) is 1. The first-order chi connectivity index (χ1) is 12.4. The normalized spacial score (nSPS) is 10.7. The van der Waals surface area contributed by atoms with Gasteiger partial charge in [-0.05, 0) is 47.8 Å². The molecular weight excluding hydrogens is 420 g/mol. The van der Waals surface area contributed by atoms with Gasteiger partial charge in [-0.25, -0.2) is 9.78 Å². The van der Waals surface area contributed by atoms with E-state index in [-0.39, 0.29) is 0 Å². The van der Waals surface area contributed by atoms with Gasteiger partial charge in [0, 0.05) is 23.5 Å². The Balaban J connectivity index is 2.31. The minimum absolute atomic E-state index is 0.324. The van der Waals surface area contributed by atoms with Crippen LogP contribution >= 0.6 is 27.5 Å². The van der Waals surface area contributed by atoms with Gasteiger partial charge in [0.25, 0.3) is 0 Å². The van der Waals surface area contributed by atoms with Crippen molar-refractivity contribution in [3.05, 3.63) is 39.0 Å². The van der Waals surface area contributed by atoms with Crippen LogP contribution in [0, 0.1) is 6.92 Å². The van der Waals surface area contributed by atoms with Gasteiger partial charge in [-0.3, -0.25) is 0 Å². The van der Waals surface area contributed by atoms with Crippen molar-refractivity contribution in [3.63, 3.8) is 0 Å². The summed E-state index contributed by atoms with van der Waals surface area (Å²) in [6.45, 7) is 6.23. The Morgan fingerprint density at radius 1 is 1.35 bits per heavy atom. The smallest absolute Gasteiger partial charge is 0.339 e. The molecule has 0 amide bonds. The third kappa shape index (κ3) is 4.86. The van der Waals surface area contributed by atoms with Crippen LogP contribution in [-0.2, 0) is 4.74 Å². The van der Waals surface area contributed by atoms with E-state index < -0.39 is 5.97 Å². The Bertz CT molecular complexity index is 797. The maximum absolute atomic E-state index is 11.9. The molecule has 2 rings (SSSR count). The fraction of sp³-hybridized carbons (Fsp3) is 0.389. The number of aryl methyl sites for hydroxylation is 1. The van der Waals surface area contributed by atoms with Crippen molar-refractivity contribution in [1.82, 2.24) is 9.97 Å². The minimum Gasteiger partial charge on any atom is -0.465 e. The Morgan fingerprint density at radius 3 is 2.65 bits per heavy atom. The van der Waals surface area contributed by atoms with Crippen LogP contribution in [-0.4, -0.2) is 29.1 Å². The number of anilines is 3. The van der Waals surface area contributed by atoms with Crippen molar-refractivity contribution in [1.29, 1.82) is 0 Å². The van der Waals surface area contributed by atoms with Gasteiger partial charge in [-0.1, -0.05) is 25.4 Å². The second kappa shape index (κ2) is 9.19. The predicted molar refractivity (Wildman–Crippen MR) is 109 cm³/mol. The van der Waals surface area contributed by atoms with E-state index in [1.807, 2.05) is 6.92 Å². The van der Waals surface area contributed by atoms with E-state index in [2.05, 4.69) is 50.4 Å². The fourth-order valence-electron chi connectivity index (χ4n) is 2.38. The van der Waals surface area contributed by atoms with E-state index >= 15 is 0 Å². The number of halogens is 2. The molecule has 0 atom stereocenters. The summed E-state index contributed by atoms with van der Waals surface area (Å²) in [7, 11) is 1.32. The third-order valence-electron chi connectivity index (χ3n) is 3.99. The molecule has 6 nitrogen and oxygen atoms in total. The van der Waals surface area contributed by atoms with Crippen molar-refractivity contribution in [2.45, 2.75) is 39.7 Å². The minimum atomic E-state index is -0.483. The van der Waals surface area contributed by atoms with Gasteiger partial charge in [0.2, 0.25) is 5.95 Å². The number of hydrogen-bond donors (Lipinski definition) is 2. The topological polar surface area (TPSA) is 76.1 Å². The first-order valence-corrected chi connectivity index (χ1v) is 9.51. The van der Waals surface area contributed by atoms with Crippen molar-refractivity contribution in [3.8, 4) is 0 Å². The van der Waals surface area contributed by atoms with Crippen molar-refractivity contribution >= 4 is 51.0 Å². The van der Waals surface area contributed by atoms with Gasteiger partial charge in [0.05, 0.1) is 22.2 Å². The number of aromatic nitrogens is 2. The average molecular weight is 442 g/mol. The largest absolute Gasteiger partial charge is 0.465 e. The molecule has 0 radical (unpaired) electrons. The molecular formula is C18H22BrClN4O2. The highest BCUT2D eigenvalue weighted by atomic mass is 79.9. The van der Waals surface area contributed by atoms with Gasteiger partial charge in [0.15, 0.2) is 0 Å². The van der Waals surface area contributed by atoms with Crippen LogP contribution in [0.5, 0.6) is 0 Å². The zero-order valence-electron chi connectivity index (χ0n) is 15.2. The molecule has 0 saturated carbocycles. The molecule has 0 bridgehead atoms. The van der Waals surface area contributed by atoms with Crippen LogP contribution in [0.25, 0.3) is 0 Å². The van der Waals surface area contributed by atoms with Crippen LogP contribution in [0.3, 0.4) is 0 Å². The molecule has 8 heteroatoms. The summed E-state index contributed by atoms with van der Waals surface area (Å²) in [6, 6.07) is 3.68. The van der Waals surface area contributed by atoms with E-state index in [0.29, 0.717) is 32.7 Å². The van der Waals surface area contributed by atoms with E-state index in [1.165, 1.54) is 7.11 Å². The number of hydrogen-bond acceptors (Lipinski definition) is 6. The highest BCUT2D eigenvalue weighted by Crippen LogP contribution is 2.31. The highest BCUT2D eigenvalue weighted by molar-refractivity contribution is 9.10. The molecule has 0 aliphatic carbocycles. The average Bonchev–Trinajstić information content (AvgIpc) is 2.64. The second-order valence-electron chi connectivity index (χ2n) is 5.82. The molecule has 2 aromatic rings. The van der Waals surface area contributed by atoms with Crippen molar-refractivity contribution < 1.29 is 9.53 Å². The Kier molecular flexibility index (Phi) is 7.23. The molecule has 0 aliphatic heterocycles. The lowest BCUT2D eigenvalue weighted by Crippen LogP contribution is -2.19. The van der Waals surface area contributed by atoms with Gasteiger partial charge >= 0.3 is 5.97 Å². The van der Waals surface area contributed by atoms with Gasteiger partial charge in [-0.2, -0.15) is 4.98 Å². The van der Waals surface area contributed by atoms with E-state index in [9.17, 15) is 4.79 Å². The lowest BCUT2D eigenvalue weighted by molar-refractivity contribution is 0.0599.